The molecule has 0 fully saturated rings. The standard InChI is InChI=1S/C19H27NO5.C16H21NO4.C13H16O4.C10H11ClO3.C10H12O4.C9H10O4.C5H13NO2.C5H13NO.C5H8O2/c1-11(2)16(10-21)20-9-15(13(4)22)19(23)14-7-12(3)17(24-5)8-18(14)25-6;1-10-7-12(15(21-6)8-14(10)20-5)16(19)13(11(2)18)9-17(3)4;1-8-5-10(11(15)6-9(2)14)13(17-4)7-12(8)16-3;2*1-6-4-7(10(11)12)9(14-3)5-8(6)13-2;1-12-6-3-4-7(9(10)11)8(5-6)13-2;1-6(2)5(7-3)8-4;1-4(2)5(6)3-7;1-4(6)3-5(2)7/h7-9,11,16,21,23H,10H2,1-6H3;7-9H,1-6H3;5,7H,6H2,1-4H3;4-5H,1-3H3;4-5H,1-3H3,(H,11,12);3-5H,1-2H3,(H,10,11);5H,1-4H3;4-5,7H,3,6H2,1-2H3;3H2,1-2H3/t16-;;;;;;;5-;/m1......1./s1. The van der Waals surface area contributed by atoms with E-state index in [4.69, 9.17) is 99.0 Å². The normalized spacial score (nSPS) is 11.0. The molecule has 0 heterocycles. The van der Waals surface area contributed by atoms with Gasteiger partial charge in [-0.2, -0.15) is 0 Å². The molecule has 34 heteroatoms. The van der Waals surface area contributed by atoms with E-state index >= 15 is 0 Å². The Balaban J connectivity index is -0.00000139. The third-order valence-electron chi connectivity index (χ3n) is 17.3. The van der Waals surface area contributed by atoms with Crippen molar-refractivity contribution in [3.8, 4) is 69.0 Å². The number of nitrogens with two attached hydrogens (primary N) is 1. The largest absolute Gasteiger partial charge is 0.506 e. The summed E-state index contributed by atoms with van der Waals surface area (Å²) in [6, 6.07) is 20.6. The van der Waals surface area contributed by atoms with Gasteiger partial charge in [0, 0.05) is 83.2 Å². The quantitative estimate of drug-likeness (QED) is 0.00314. The van der Waals surface area contributed by atoms with E-state index in [1.807, 2.05) is 74.4 Å². The molecular weight excluding hydrogens is 1660 g/mol. The van der Waals surface area contributed by atoms with Crippen molar-refractivity contribution in [1.29, 1.82) is 0 Å². The smallest absolute Gasteiger partial charge is 0.339 e. The lowest BCUT2D eigenvalue weighted by molar-refractivity contribution is -0.179. The fourth-order valence-electron chi connectivity index (χ4n) is 10.3. The van der Waals surface area contributed by atoms with Gasteiger partial charge in [-0.05, 0) is 177 Å². The number of hydrogen-bond donors (Lipinski definition) is 6. The van der Waals surface area contributed by atoms with Crippen LogP contribution in [0.3, 0.4) is 0 Å². The number of halogens is 1. The van der Waals surface area contributed by atoms with Crippen molar-refractivity contribution in [1.82, 2.24) is 9.80 Å². The summed E-state index contributed by atoms with van der Waals surface area (Å²) in [5, 5.41) is 45.5. The average Bonchev–Trinajstić information content (AvgIpc) is 0.827. The SMILES string of the molecule is CC(=O)CC(C)=O.CC(C)[C@H](N)CO.COC(OC)N(C)C.COc1cc(OC)c(C(=O)C(=CN(C)C)C(C)=O)cc1C.COc1cc(OC)c(C(=O)CC(C)=O)cc1C.COc1cc(OC)c(C(=O)Cl)cc1C.COc1cc(OC)c(C(=O)O)cc1C.COc1cc(OC)c(C(O)=C(C=N[C@H](CO)C(C)C)C(C)=O)cc1C.COc1ccc(C(=O)O)c(OC)c1. The lowest BCUT2D eigenvalue weighted by Gasteiger charge is -2.19. The summed E-state index contributed by atoms with van der Waals surface area (Å²) in [6.07, 6.45) is 2.60. The number of aryl methyl sites for hydroxylation is 5. The van der Waals surface area contributed by atoms with Crippen molar-refractivity contribution in [3.05, 3.63) is 157 Å². The van der Waals surface area contributed by atoms with Crippen LogP contribution in [0.1, 0.15) is 160 Å². The Labute approximate surface area is 745 Å². The van der Waals surface area contributed by atoms with Crippen LogP contribution in [0.4, 0.5) is 0 Å². The summed E-state index contributed by atoms with van der Waals surface area (Å²) in [5.74, 6) is 2.73. The van der Waals surface area contributed by atoms with Crippen molar-refractivity contribution >= 4 is 81.2 Å². The average molecular weight is 1790 g/mol. The molecule has 0 unspecified atom stereocenters. The van der Waals surface area contributed by atoms with Gasteiger partial charge in [-0.25, -0.2) is 9.59 Å². The van der Waals surface area contributed by atoms with Gasteiger partial charge < -0.3 is 102 Å². The second kappa shape index (κ2) is 62.2. The number of benzene rings is 6. The van der Waals surface area contributed by atoms with Crippen molar-refractivity contribution in [2.75, 3.05) is 141 Å². The van der Waals surface area contributed by atoms with Gasteiger partial charge in [0.1, 0.15) is 103 Å². The molecule has 33 nitrogen and oxygen atoms in total. The Morgan fingerprint density at radius 2 is 0.746 bits per heavy atom. The van der Waals surface area contributed by atoms with Crippen LogP contribution in [0, 0.1) is 46.5 Å². The maximum absolute atomic E-state index is 12.6. The molecular formula is C92H131ClN4O29. The van der Waals surface area contributed by atoms with E-state index in [2.05, 4.69) is 4.99 Å². The molecule has 0 spiro atoms. The molecule has 0 aliphatic heterocycles. The summed E-state index contributed by atoms with van der Waals surface area (Å²) in [4.78, 5) is 119. The van der Waals surface area contributed by atoms with E-state index in [0.717, 1.165) is 27.8 Å². The number of ether oxygens (including phenoxy) is 14. The number of allylic oxidation sites excluding steroid dienone is 2. The lowest BCUT2D eigenvalue weighted by Crippen LogP contribution is -2.30. The Morgan fingerprint density at radius 1 is 0.413 bits per heavy atom. The number of ketones is 7. The number of aliphatic imine (C=N–C) groups is 1. The molecule has 6 aromatic carbocycles. The molecule has 0 radical (unpaired) electrons. The Kier molecular flexibility index (Phi) is 58.3. The van der Waals surface area contributed by atoms with E-state index in [-0.39, 0.29) is 119 Å². The molecule has 0 bridgehead atoms. The molecule has 700 valence electrons. The minimum absolute atomic E-state index is 0.0417. The van der Waals surface area contributed by atoms with E-state index in [1.165, 1.54) is 122 Å². The van der Waals surface area contributed by atoms with Crippen LogP contribution in [-0.4, -0.2) is 259 Å². The molecule has 0 aliphatic carbocycles. The number of carboxylic acids is 2. The van der Waals surface area contributed by atoms with Crippen LogP contribution in [0.5, 0.6) is 69.0 Å². The highest BCUT2D eigenvalue weighted by Crippen LogP contribution is 2.36. The second-order valence-corrected chi connectivity index (χ2v) is 28.6. The molecule has 0 saturated carbocycles. The van der Waals surface area contributed by atoms with E-state index in [0.29, 0.717) is 97.2 Å². The molecule has 0 amide bonds. The van der Waals surface area contributed by atoms with Crippen LogP contribution in [0.25, 0.3) is 5.76 Å². The third kappa shape index (κ3) is 41.7. The number of carbonyl (C=O) groups excluding carboxylic acids is 8. The van der Waals surface area contributed by atoms with Crippen LogP contribution < -0.4 is 62.6 Å². The Morgan fingerprint density at radius 3 is 1.02 bits per heavy atom. The number of rotatable bonds is 35. The minimum Gasteiger partial charge on any atom is -0.506 e. The van der Waals surface area contributed by atoms with Crippen LogP contribution in [0.2, 0.25) is 0 Å². The van der Waals surface area contributed by atoms with Gasteiger partial charge in [0.15, 0.2) is 17.3 Å². The second-order valence-electron chi connectivity index (χ2n) is 28.3. The summed E-state index contributed by atoms with van der Waals surface area (Å²) in [7, 11) is 28.5. The van der Waals surface area contributed by atoms with Crippen molar-refractivity contribution in [2.45, 2.75) is 128 Å². The van der Waals surface area contributed by atoms with Gasteiger partial charge in [0.2, 0.25) is 12.2 Å². The highest BCUT2D eigenvalue weighted by molar-refractivity contribution is 6.68. The summed E-state index contributed by atoms with van der Waals surface area (Å²) < 4.78 is 70.9. The highest BCUT2D eigenvalue weighted by atomic mass is 35.5. The van der Waals surface area contributed by atoms with Crippen molar-refractivity contribution < 1.29 is 140 Å². The number of aromatic carboxylic acids is 2. The van der Waals surface area contributed by atoms with Gasteiger partial charge >= 0.3 is 11.9 Å². The van der Waals surface area contributed by atoms with E-state index in [9.17, 15) is 58.2 Å². The number of hydrogen-bond acceptors (Lipinski definition) is 31. The van der Waals surface area contributed by atoms with Crippen LogP contribution in [-0.2, 0) is 33.4 Å². The number of aliphatic hydroxyl groups is 3. The first-order valence-electron chi connectivity index (χ1n) is 38.6. The van der Waals surface area contributed by atoms with Crippen molar-refractivity contribution in [3.63, 3.8) is 0 Å². The molecule has 126 heavy (non-hydrogen) atoms. The number of methoxy groups -OCH3 is 14. The number of carbonyl (C=O) groups is 10. The predicted octanol–water partition coefficient (Wildman–Crippen LogP) is 13.5. The fourth-order valence-corrected chi connectivity index (χ4v) is 10.5. The summed E-state index contributed by atoms with van der Waals surface area (Å²) >= 11 is 5.39. The highest BCUT2D eigenvalue weighted by Gasteiger charge is 2.25. The molecule has 6 aromatic rings. The topological polar surface area (TPSA) is 446 Å². The molecule has 0 saturated heterocycles. The van der Waals surface area contributed by atoms with Gasteiger partial charge in [-0.1, -0.05) is 27.7 Å². The molecule has 7 N–H and O–H groups in total. The lowest BCUT2D eigenvalue weighted by atomic mass is 9.98. The zero-order valence-corrected chi connectivity index (χ0v) is 79.5. The minimum atomic E-state index is -1.01. The molecule has 0 aliphatic rings. The first-order chi connectivity index (χ1) is 59.0. The maximum Gasteiger partial charge on any atom is 0.339 e. The monoisotopic (exact) mass is 1790 g/mol. The first-order valence-corrected chi connectivity index (χ1v) is 39.0. The Bertz CT molecular complexity index is 4540. The molecule has 0 aromatic heterocycles. The maximum atomic E-state index is 12.6. The Hall–Kier alpha value is -12.0. The van der Waals surface area contributed by atoms with Crippen LogP contribution in [0.15, 0.2) is 101 Å². The molecule has 2 atom stereocenters. The van der Waals surface area contributed by atoms with Gasteiger partial charge in [0.25, 0.3) is 5.24 Å². The van der Waals surface area contributed by atoms with Gasteiger partial charge in [-0.3, -0.25) is 48.2 Å². The van der Waals surface area contributed by atoms with Crippen molar-refractivity contribution in [2.24, 2.45) is 22.6 Å². The van der Waals surface area contributed by atoms with Gasteiger partial charge in [-0.15, -0.1) is 0 Å². The third-order valence-corrected chi connectivity index (χ3v) is 17.5. The summed E-state index contributed by atoms with van der Waals surface area (Å²) in [5.41, 5.74) is 11.3. The zero-order valence-electron chi connectivity index (χ0n) is 78.7. The zero-order chi connectivity index (χ0) is 97.9. The number of Topliss-reactive ketones (excluding diaryl/α,β-unsaturated/α-hetero) is 7. The number of carboxylic acid groups (broad SMARTS) is 2. The van der Waals surface area contributed by atoms with E-state index < -0.39 is 17.2 Å². The fraction of sp³-hybridized carbons (Fsp3) is 0.446. The summed E-state index contributed by atoms with van der Waals surface area (Å²) in [6.45, 7) is 23.8. The number of aliphatic hydroxyl groups excluding tert-OH is 3. The first kappa shape index (κ1) is 118. The van der Waals surface area contributed by atoms with E-state index in [1.54, 1.807) is 129 Å². The van der Waals surface area contributed by atoms with Crippen LogP contribution >= 0.6 is 11.6 Å². The van der Waals surface area contributed by atoms with Gasteiger partial charge in [0.05, 0.1) is 151 Å². The molecule has 6 rings (SSSR count). The number of nitrogens with zero attached hydrogens (tertiary/aromatic N) is 3. The predicted molar refractivity (Wildman–Crippen MR) is 483 cm³/mol.